The van der Waals surface area contributed by atoms with Gasteiger partial charge in [0.05, 0.1) is 12.2 Å². The first-order valence-corrected chi connectivity index (χ1v) is 11.3. The molecule has 2 aromatic carbocycles. The molecular formula is C22H24ClN5O2S. The maximum atomic E-state index is 12.4. The van der Waals surface area contributed by atoms with Crippen molar-refractivity contribution in [3.63, 3.8) is 0 Å². The zero-order valence-electron chi connectivity index (χ0n) is 17.4. The molecule has 1 heterocycles. The zero-order chi connectivity index (χ0) is 22.2. The van der Waals surface area contributed by atoms with Crippen molar-refractivity contribution < 1.29 is 9.59 Å². The van der Waals surface area contributed by atoms with Crippen LogP contribution in [0.2, 0.25) is 5.02 Å². The Labute approximate surface area is 190 Å². The Hall–Kier alpha value is -2.84. The maximum Gasteiger partial charge on any atom is 0.234 e. The fourth-order valence-corrected chi connectivity index (χ4v) is 3.97. The van der Waals surface area contributed by atoms with Gasteiger partial charge < -0.3 is 15.2 Å². The van der Waals surface area contributed by atoms with Gasteiger partial charge in [-0.05, 0) is 49.2 Å². The number of aryl methyl sites for hydroxylation is 1. The third-order valence-corrected chi connectivity index (χ3v) is 5.78. The number of halogens is 1. The molecular weight excluding hydrogens is 434 g/mol. The molecule has 0 aliphatic carbocycles. The Morgan fingerprint density at radius 1 is 1.00 bits per heavy atom. The van der Waals surface area contributed by atoms with Gasteiger partial charge in [0, 0.05) is 22.9 Å². The monoisotopic (exact) mass is 457 g/mol. The second kappa shape index (κ2) is 11.0. The Kier molecular flexibility index (Phi) is 8.08. The molecule has 0 saturated carbocycles. The van der Waals surface area contributed by atoms with Gasteiger partial charge in [0.15, 0.2) is 5.16 Å². The lowest BCUT2D eigenvalue weighted by Gasteiger charge is -2.10. The highest BCUT2D eigenvalue weighted by Crippen LogP contribution is 2.20. The number of carbonyl (C=O) groups excluding carboxylic acids is 2. The van der Waals surface area contributed by atoms with Gasteiger partial charge in [0.25, 0.3) is 0 Å². The van der Waals surface area contributed by atoms with Crippen LogP contribution in [0.4, 0.5) is 11.4 Å². The number of carbonyl (C=O) groups is 2. The van der Waals surface area contributed by atoms with Crippen LogP contribution in [-0.2, 0) is 29.0 Å². The van der Waals surface area contributed by atoms with Crippen LogP contribution in [0.1, 0.15) is 25.2 Å². The van der Waals surface area contributed by atoms with Crippen LogP contribution in [0.5, 0.6) is 0 Å². The lowest BCUT2D eigenvalue weighted by Crippen LogP contribution is -2.18. The molecule has 162 valence electrons. The van der Waals surface area contributed by atoms with Crippen molar-refractivity contribution in [2.45, 2.75) is 38.4 Å². The van der Waals surface area contributed by atoms with Gasteiger partial charge >= 0.3 is 0 Å². The molecule has 3 rings (SSSR count). The topological polar surface area (TPSA) is 88.9 Å². The lowest BCUT2D eigenvalue weighted by molar-refractivity contribution is -0.116. The fraction of sp³-hybridized carbons (Fsp3) is 0.273. The first-order chi connectivity index (χ1) is 15.0. The Balaban J connectivity index is 1.58. The molecule has 9 heteroatoms. The molecule has 2 amide bonds. The quantitative estimate of drug-likeness (QED) is 0.464. The van der Waals surface area contributed by atoms with E-state index in [9.17, 15) is 9.59 Å². The Morgan fingerprint density at radius 2 is 1.74 bits per heavy atom. The standard InChI is InChI=1S/C22H24ClN5O2S/c1-3-15-7-5-6-8-18(15)25-21(30)14-31-22-27-26-19(28(22)4-2)13-20(29)24-17-11-9-16(23)10-12-17/h5-12H,3-4,13-14H2,1-2H3,(H,24,29)(H,25,30). The third-order valence-electron chi connectivity index (χ3n) is 4.56. The highest BCUT2D eigenvalue weighted by molar-refractivity contribution is 7.99. The first-order valence-electron chi connectivity index (χ1n) is 9.98. The van der Waals surface area contributed by atoms with E-state index >= 15 is 0 Å². The summed E-state index contributed by atoms with van der Waals surface area (Å²) in [5.41, 5.74) is 2.58. The number of anilines is 2. The number of hydrogen-bond donors (Lipinski definition) is 2. The van der Waals surface area contributed by atoms with Crippen LogP contribution >= 0.6 is 23.4 Å². The molecule has 0 radical (unpaired) electrons. The second-order valence-electron chi connectivity index (χ2n) is 6.72. The van der Waals surface area contributed by atoms with Crippen molar-refractivity contribution in [2.24, 2.45) is 0 Å². The van der Waals surface area contributed by atoms with E-state index in [4.69, 9.17) is 11.6 Å². The van der Waals surface area contributed by atoms with Crippen LogP contribution in [0.15, 0.2) is 53.7 Å². The average Bonchev–Trinajstić information content (AvgIpc) is 3.15. The summed E-state index contributed by atoms with van der Waals surface area (Å²) < 4.78 is 1.85. The van der Waals surface area contributed by atoms with Crippen molar-refractivity contribution in [2.75, 3.05) is 16.4 Å². The summed E-state index contributed by atoms with van der Waals surface area (Å²) in [6.45, 7) is 4.60. The Bertz CT molecular complexity index is 1050. The number of nitrogens with zero attached hydrogens (tertiary/aromatic N) is 3. The van der Waals surface area contributed by atoms with Gasteiger partial charge in [0.1, 0.15) is 5.82 Å². The second-order valence-corrected chi connectivity index (χ2v) is 8.10. The highest BCUT2D eigenvalue weighted by atomic mass is 35.5. The molecule has 0 bridgehead atoms. The van der Waals surface area contributed by atoms with E-state index in [1.165, 1.54) is 11.8 Å². The van der Waals surface area contributed by atoms with E-state index in [1.54, 1.807) is 24.3 Å². The molecule has 0 saturated heterocycles. The largest absolute Gasteiger partial charge is 0.326 e. The number of rotatable bonds is 9. The summed E-state index contributed by atoms with van der Waals surface area (Å²) in [6.07, 6.45) is 0.926. The minimum Gasteiger partial charge on any atom is -0.326 e. The van der Waals surface area contributed by atoms with Crippen LogP contribution < -0.4 is 10.6 Å². The van der Waals surface area contributed by atoms with Crippen molar-refractivity contribution in [1.82, 2.24) is 14.8 Å². The van der Waals surface area contributed by atoms with E-state index in [-0.39, 0.29) is 24.0 Å². The predicted molar refractivity (Wildman–Crippen MR) is 125 cm³/mol. The van der Waals surface area contributed by atoms with E-state index in [1.807, 2.05) is 42.7 Å². The van der Waals surface area contributed by atoms with Crippen LogP contribution in [0, 0.1) is 0 Å². The smallest absolute Gasteiger partial charge is 0.234 e. The van der Waals surface area contributed by atoms with Gasteiger partial charge in [-0.1, -0.05) is 48.5 Å². The average molecular weight is 458 g/mol. The minimum atomic E-state index is -0.199. The highest BCUT2D eigenvalue weighted by Gasteiger charge is 2.16. The molecule has 1 aromatic heterocycles. The van der Waals surface area contributed by atoms with Crippen LogP contribution in [0.25, 0.3) is 0 Å². The van der Waals surface area contributed by atoms with Gasteiger partial charge in [-0.15, -0.1) is 10.2 Å². The number of amides is 2. The summed E-state index contributed by atoms with van der Waals surface area (Å²) in [7, 11) is 0. The maximum absolute atomic E-state index is 12.4. The molecule has 0 atom stereocenters. The van der Waals surface area contributed by atoms with E-state index in [0.717, 1.165) is 17.7 Å². The fourth-order valence-electron chi connectivity index (χ4n) is 3.02. The number of hydrogen-bond acceptors (Lipinski definition) is 5. The van der Waals surface area contributed by atoms with Gasteiger partial charge in [-0.25, -0.2) is 0 Å². The molecule has 0 spiro atoms. The van der Waals surface area contributed by atoms with Gasteiger partial charge in [-0.3, -0.25) is 9.59 Å². The minimum absolute atomic E-state index is 0.0834. The predicted octanol–water partition coefficient (Wildman–Crippen LogP) is 4.43. The van der Waals surface area contributed by atoms with Gasteiger partial charge in [0.2, 0.25) is 11.8 Å². The van der Waals surface area contributed by atoms with E-state index in [2.05, 4.69) is 20.8 Å². The van der Waals surface area contributed by atoms with Crippen molar-refractivity contribution in [3.8, 4) is 0 Å². The molecule has 3 aromatic rings. The number of benzene rings is 2. The SMILES string of the molecule is CCc1ccccc1NC(=O)CSc1nnc(CC(=O)Nc2ccc(Cl)cc2)n1CC. The van der Waals surface area contributed by atoms with Crippen LogP contribution in [0.3, 0.4) is 0 Å². The van der Waals surface area contributed by atoms with Crippen molar-refractivity contribution in [1.29, 1.82) is 0 Å². The van der Waals surface area contributed by atoms with Crippen molar-refractivity contribution >= 4 is 46.6 Å². The van der Waals surface area contributed by atoms with Gasteiger partial charge in [-0.2, -0.15) is 0 Å². The zero-order valence-corrected chi connectivity index (χ0v) is 19.0. The Morgan fingerprint density at radius 3 is 2.45 bits per heavy atom. The molecule has 7 nitrogen and oxygen atoms in total. The van der Waals surface area contributed by atoms with Crippen molar-refractivity contribution in [3.05, 3.63) is 64.9 Å². The molecule has 0 aliphatic rings. The lowest BCUT2D eigenvalue weighted by atomic mass is 10.1. The van der Waals surface area contributed by atoms with E-state index < -0.39 is 0 Å². The third kappa shape index (κ3) is 6.32. The number of thioether (sulfide) groups is 1. The van der Waals surface area contributed by atoms with Crippen LogP contribution in [-0.4, -0.2) is 32.3 Å². The number of para-hydroxylation sites is 1. The van der Waals surface area contributed by atoms with E-state index in [0.29, 0.717) is 28.2 Å². The molecule has 0 unspecified atom stereocenters. The normalized spacial score (nSPS) is 10.7. The molecule has 0 aliphatic heterocycles. The summed E-state index contributed by atoms with van der Waals surface area (Å²) in [6, 6.07) is 14.7. The number of aromatic nitrogens is 3. The summed E-state index contributed by atoms with van der Waals surface area (Å²) in [5.74, 6) is 0.439. The first kappa shape index (κ1) is 22.8. The molecule has 31 heavy (non-hydrogen) atoms. The molecule has 2 N–H and O–H groups in total. The summed E-state index contributed by atoms with van der Waals surface area (Å²) >= 11 is 7.16. The summed E-state index contributed by atoms with van der Waals surface area (Å²) in [5, 5.41) is 15.3. The number of nitrogens with one attached hydrogen (secondary N) is 2. The molecule has 0 fully saturated rings. The summed E-state index contributed by atoms with van der Waals surface area (Å²) in [4.78, 5) is 24.8.